The molecule has 0 atom stereocenters. The monoisotopic (exact) mass is 273 g/mol. The second-order valence-corrected chi connectivity index (χ2v) is 4.40. The third kappa shape index (κ3) is 3.13. The highest BCUT2D eigenvalue weighted by Crippen LogP contribution is 2.19. The van der Waals surface area contributed by atoms with Gasteiger partial charge in [0.1, 0.15) is 5.82 Å². The highest BCUT2D eigenvalue weighted by atomic mass is 19.1. The molecule has 0 aliphatic rings. The highest BCUT2D eigenvalue weighted by molar-refractivity contribution is 5.98. The van der Waals surface area contributed by atoms with Gasteiger partial charge in [-0.05, 0) is 23.3 Å². The van der Waals surface area contributed by atoms with Crippen molar-refractivity contribution < 1.29 is 9.18 Å². The Labute approximate surface area is 116 Å². The van der Waals surface area contributed by atoms with Gasteiger partial charge in [0.25, 0.3) is 5.91 Å². The summed E-state index contributed by atoms with van der Waals surface area (Å²) in [7, 11) is 0. The minimum atomic E-state index is -0.788. The zero-order chi connectivity index (χ0) is 14.5. The third-order valence-corrected chi connectivity index (χ3v) is 3.00. The van der Waals surface area contributed by atoms with Crippen molar-refractivity contribution in [3.8, 4) is 0 Å². The summed E-state index contributed by atoms with van der Waals surface area (Å²) in [5, 5.41) is 3.02. The lowest BCUT2D eigenvalue weighted by molar-refractivity contribution is 0.0997. The molecule has 0 saturated carbocycles. The Kier molecular flexibility index (Phi) is 4.32. The van der Waals surface area contributed by atoms with E-state index in [0.29, 0.717) is 18.8 Å². The Balaban J connectivity index is 2.14. The van der Waals surface area contributed by atoms with Gasteiger partial charge in [-0.15, -0.1) is 0 Å². The average molecular weight is 273 g/mol. The molecule has 20 heavy (non-hydrogen) atoms. The summed E-state index contributed by atoms with van der Waals surface area (Å²) in [5.74, 6) is -1.41. The van der Waals surface area contributed by atoms with E-state index in [1.165, 1.54) is 12.1 Å². The molecule has 0 heterocycles. The van der Waals surface area contributed by atoms with Crippen molar-refractivity contribution in [2.75, 3.05) is 5.32 Å². The Morgan fingerprint density at radius 1 is 1.10 bits per heavy atom. The molecule has 0 bridgehead atoms. The number of carbonyl (C=O) groups is 1. The lowest BCUT2D eigenvalue weighted by atomic mass is 10.1. The van der Waals surface area contributed by atoms with E-state index in [-0.39, 0.29) is 5.56 Å². The highest BCUT2D eigenvalue weighted by Gasteiger charge is 2.13. The fourth-order valence-corrected chi connectivity index (χ4v) is 1.91. The van der Waals surface area contributed by atoms with Crippen molar-refractivity contribution in [1.82, 2.24) is 0 Å². The maximum Gasteiger partial charge on any atom is 0.253 e. The van der Waals surface area contributed by atoms with Gasteiger partial charge in [-0.1, -0.05) is 30.3 Å². The number of rotatable bonds is 5. The van der Waals surface area contributed by atoms with E-state index in [1.54, 1.807) is 6.07 Å². The van der Waals surface area contributed by atoms with E-state index < -0.39 is 11.7 Å². The summed E-state index contributed by atoms with van der Waals surface area (Å²) in [5.41, 5.74) is 13.0. The lowest BCUT2D eigenvalue weighted by Gasteiger charge is -2.11. The first-order valence-corrected chi connectivity index (χ1v) is 6.22. The average Bonchev–Trinajstić information content (AvgIpc) is 2.45. The molecule has 5 N–H and O–H groups in total. The number of nitrogens with two attached hydrogens (primary N) is 2. The third-order valence-electron chi connectivity index (χ3n) is 3.00. The largest absolute Gasteiger partial charge is 0.380 e. The Bertz CT molecular complexity index is 611. The summed E-state index contributed by atoms with van der Waals surface area (Å²) in [6.07, 6.45) is 0. The number of hydrogen-bond donors (Lipinski definition) is 3. The fraction of sp³-hybridized carbons (Fsp3) is 0.133. The number of anilines is 1. The zero-order valence-corrected chi connectivity index (χ0v) is 10.9. The first kappa shape index (κ1) is 14.0. The molecule has 0 fully saturated rings. The van der Waals surface area contributed by atoms with Crippen molar-refractivity contribution in [3.63, 3.8) is 0 Å². The van der Waals surface area contributed by atoms with Gasteiger partial charge in [-0.2, -0.15) is 0 Å². The number of carbonyl (C=O) groups excluding carboxylic acids is 1. The number of benzene rings is 2. The van der Waals surface area contributed by atoms with Crippen LogP contribution in [0.1, 0.15) is 21.5 Å². The molecule has 2 aromatic rings. The van der Waals surface area contributed by atoms with Crippen molar-refractivity contribution in [2.45, 2.75) is 13.1 Å². The quantitative estimate of drug-likeness (QED) is 0.779. The molecule has 5 heteroatoms. The molecule has 0 unspecified atom stereocenters. The van der Waals surface area contributed by atoms with Crippen LogP contribution in [0.3, 0.4) is 0 Å². The van der Waals surface area contributed by atoms with Crippen molar-refractivity contribution >= 4 is 11.6 Å². The van der Waals surface area contributed by atoms with Crippen LogP contribution >= 0.6 is 0 Å². The normalized spacial score (nSPS) is 10.3. The maximum atomic E-state index is 13.6. The molecule has 4 nitrogen and oxygen atoms in total. The van der Waals surface area contributed by atoms with Gasteiger partial charge in [0.15, 0.2) is 0 Å². The van der Waals surface area contributed by atoms with E-state index >= 15 is 0 Å². The van der Waals surface area contributed by atoms with E-state index in [2.05, 4.69) is 5.32 Å². The fourth-order valence-electron chi connectivity index (χ4n) is 1.91. The van der Waals surface area contributed by atoms with Crippen molar-refractivity contribution in [2.24, 2.45) is 11.5 Å². The Morgan fingerprint density at radius 3 is 2.35 bits per heavy atom. The molecular formula is C15H16FN3O. The van der Waals surface area contributed by atoms with Gasteiger partial charge in [-0.25, -0.2) is 4.39 Å². The van der Waals surface area contributed by atoms with Crippen LogP contribution in [-0.2, 0) is 13.1 Å². The summed E-state index contributed by atoms with van der Waals surface area (Å²) < 4.78 is 13.6. The second kappa shape index (κ2) is 6.16. The molecular weight excluding hydrogens is 257 g/mol. The molecule has 0 aromatic heterocycles. The topological polar surface area (TPSA) is 81.1 Å². The van der Waals surface area contributed by atoms with Crippen LogP contribution in [0, 0.1) is 5.82 Å². The van der Waals surface area contributed by atoms with Crippen LogP contribution in [0.15, 0.2) is 42.5 Å². The van der Waals surface area contributed by atoms with Crippen molar-refractivity contribution in [3.05, 3.63) is 65.0 Å². The van der Waals surface area contributed by atoms with E-state index in [0.717, 1.165) is 11.1 Å². The maximum absolute atomic E-state index is 13.6. The SMILES string of the molecule is NCc1ccc(CNc2cccc(F)c2C(N)=O)cc1. The van der Waals surface area contributed by atoms with Crippen LogP contribution < -0.4 is 16.8 Å². The molecule has 0 aliphatic carbocycles. The summed E-state index contributed by atoms with van der Waals surface area (Å²) in [6, 6.07) is 12.1. The Hall–Kier alpha value is -2.40. The van der Waals surface area contributed by atoms with Gasteiger partial charge in [0, 0.05) is 13.1 Å². The van der Waals surface area contributed by atoms with Crippen LogP contribution in [0.2, 0.25) is 0 Å². The van der Waals surface area contributed by atoms with Crippen LogP contribution in [0.5, 0.6) is 0 Å². The molecule has 0 saturated heterocycles. The van der Waals surface area contributed by atoms with Gasteiger partial charge in [0.2, 0.25) is 0 Å². The van der Waals surface area contributed by atoms with E-state index in [1.807, 2.05) is 24.3 Å². The lowest BCUT2D eigenvalue weighted by Crippen LogP contribution is -2.16. The molecule has 0 aliphatic heterocycles. The van der Waals surface area contributed by atoms with Crippen LogP contribution in [0.4, 0.5) is 10.1 Å². The predicted molar refractivity (Wildman–Crippen MR) is 76.6 cm³/mol. The predicted octanol–water partition coefficient (Wildman–Crippen LogP) is 2.00. The number of halogens is 1. The molecule has 2 rings (SSSR count). The minimum absolute atomic E-state index is 0.119. The van der Waals surface area contributed by atoms with Crippen LogP contribution in [-0.4, -0.2) is 5.91 Å². The second-order valence-electron chi connectivity index (χ2n) is 4.40. The number of amides is 1. The summed E-state index contributed by atoms with van der Waals surface area (Å²) in [4.78, 5) is 11.3. The molecule has 0 spiro atoms. The molecule has 104 valence electrons. The summed E-state index contributed by atoms with van der Waals surface area (Å²) >= 11 is 0. The Morgan fingerprint density at radius 2 is 1.75 bits per heavy atom. The zero-order valence-electron chi connectivity index (χ0n) is 10.9. The van der Waals surface area contributed by atoms with Gasteiger partial charge >= 0.3 is 0 Å². The van der Waals surface area contributed by atoms with Gasteiger partial charge in [-0.3, -0.25) is 4.79 Å². The van der Waals surface area contributed by atoms with Crippen LogP contribution in [0.25, 0.3) is 0 Å². The first-order valence-electron chi connectivity index (χ1n) is 6.22. The standard InChI is InChI=1S/C15H16FN3O/c16-12-2-1-3-13(14(12)15(18)20)19-9-11-6-4-10(8-17)5-7-11/h1-7,19H,8-9,17H2,(H2,18,20). The molecule has 2 aromatic carbocycles. The summed E-state index contributed by atoms with van der Waals surface area (Å²) in [6.45, 7) is 0.956. The van der Waals surface area contributed by atoms with E-state index in [9.17, 15) is 9.18 Å². The first-order chi connectivity index (χ1) is 9.61. The van der Waals surface area contributed by atoms with Crippen molar-refractivity contribution in [1.29, 1.82) is 0 Å². The minimum Gasteiger partial charge on any atom is -0.380 e. The number of primary amides is 1. The van der Waals surface area contributed by atoms with E-state index in [4.69, 9.17) is 11.5 Å². The molecule has 0 radical (unpaired) electrons. The van der Waals surface area contributed by atoms with Gasteiger partial charge < -0.3 is 16.8 Å². The number of nitrogens with one attached hydrogen (secondary N) is 1. The smallest absolute Gasteiger partial charge is 0.253 e. The number of hydrogen-bond acceptors (Lipinski definition) is 3. The molecule has 1 amide bonds. The van der Waals surface area contributed by atoms with Gasteiger partial charge in [0.05, 0.1) is 11.3 Å².